The summed E-state index contributed by atoms with van der Waals surface area (Å²) in [5, 5.41) is 22.7. The van der Waals surface area contributed by atoms with Gasteiger partial charge in [0.1, 0.15) is 18.7 Å². The maximum absolute atomic E-state index is 14.3. The Morgan fingerprint density at radius 2 is 1.17 bits per heavy atom. The number of ether oxygens (including phenoxy) is 13. The molecule has 32 nitrogen and oxygen atoms in total. The van der Waals surface area contributed by atoms with Crippen molar-refractivity contribution in [3.05, 3.63) is 137 Å². The molecule has 0 aromatic heterocycles. The Morgan fingerprint density at radius 1 is 0.615 bits per heavy atom. The first-order chi connectivity index (χ1) is 56.7. The highest BCUT2D eigenvalue weighted by Crippen LogP contribution is 2.41. The molecule has 4 heterocycles. The molecule has 6 atom stereocenters. The average Bonchev–Trinajstić information content (AvgIpc) is 1.51. The maximum Gasteiger partial charge on any atom is 0.416 e. The highest BCUT2D eigenvalue weighted by atomic mass is 16.6. The van der Waals surface area contributed by atoms with E-state index in [9.17, 15) is 48.3 Å². The van der Waals surface area contributed by atoms with E-state index in [1.54, 1.807) is 67.6 Å². The third kappa shape index (κ3) is 29.8. The highest BCUT2D eigenvalue weighted by Gasteiger charge is 2.42. The average molecular weight is 1630 g/mol. The fourth-order valence-corrected chi connectivity index (χ4v) is 12.7. The molecule has 4 aliphatic heterocycles. The van der Waals surface area contributed by atoms with Crippen molar-refractivity contribution >= 4 is 76.6 Å². The minimum Gasteiger partial charge on any atom is -0.493 e. The molecule has 8 rings (SSSR count). The van der Waals surface area contributed by atoms with Crippen LogP contribution in [0.1, 0.15) is 119 Å². The summed E-state index contributed by atoms with van der Waals surface area (Å²) >= 11 is 0. The Morgan fingerprint density at radius 3 is 1.74 bits per heavy atom. The van der Waals surface area contributed by atoms with Gasteiger partial charge in [-0.1, -0.05) is 92.7 Å². The fraction of sp³-hybridized carbons (Fsp3) is 0.529. The standard InChI is InChI=1S/C85H115N9O23/c1-9-59(4)54-91-56-78(98)94(70-52-74(72(106-8)49-68(70)82(91)101)116-30-18-14-17-29-115-73-51-69-67(48-71(73)105-7)84(103)93-55-60(5)47-65(93)53-87-69)85(104)117-57-62-21-23-64(24-22-62)89-80(99)61(6)88-81(100)79(58(2)3)90-76(96)26-31-107-33-35-109-37-39-111-41-43-113-45-46-114-44-42-112-40-38-110-36-34-108-32-27-86-75(95)25-28-92-77(97)50-66(83(92)102)63-19-15-12-10-11-13-16-20-63/h10-13,15-16,19-24,48-49,51-55,58,61,63,65-66,78-79,98H,9,14,17-18,25-47,50,56-57H2,1-8H3,(H,86,95)(H,88,100)(H,89,99)(H,90,96)/b12-10-,13-11-,19-15-,20-16?,59-54-/t61-,63?,65-,66?,78-,79-/m0/s1. The quantitative estimate of drug-likeness (QED) is 0.0262. The largest absolute Gasteiger partial charge is 0.493 e. The molecule has 5 aliphatic rings. The zero-order valence-corrected chi connectivity index (χ0v) is 68.4. The third-order valence-electron chi connectivity index (χ3n) is 19.3. The molecular formula is C85H115N9O23. The number of likely N-dealkylation sites (tertiary alicyclic amines) is 1. The molecule has 3 aromatic carbocycles. The van der Waals surface area contributed by atoms with Gasteiger partial charge in [-0.05, 0) is 88.6 Å². The number of hydrogen-bond acceptors (Lipinski definition) is 24. The molecule has 9 amide bonds. The number of nitrogens with one attached hydrogen (secondary N) is 4. The number of carbonyl (C=O) groups is 9. The van der Waals surface area contributed by atoms with Crippen LogP contribution in [0.25, 0.3) is 0 Å². The van der Waals surface area contributed by atoms with Crippen molar-refractivity contribution in [2.45, 2.75) is 124 Å². The Labute approximate surface area is 684 Å². The van der Waals surface area contributed by atoms with E-state index in [-0.39, 0.29) is 143 Å². The van der Waals surface area contributed by atoms with Crippen LogP contribution >= 0.6 is 0 Å². The van der Waals surface area contributed by atoms with E-state index in [2.05, 4.69) is 26.3 Å². The van der Waals surface area contributed by atoms with Gasteiger partial charge in [-0.15, -0.1) is 0 Å². The van der Waals surface area contributed by atoms with Gasteiger partial charge in [-0.3, -0.25) is 48.2 Å². The first-order valence-corrected chi connectivity index (χ1v) is 39.9. The van der Waals surface area contributed by atoms with Crippen LogP contribution in [0.2, 0.25) is 0 Å². The second-order valence-corrected chi connectivity index (χ2v) is 28.5. The second-order valence-electron chi connectivity index (χ2n) is 28.5. The van der Waals surface area contributed by atoms with Crippen molar-refractivity contribution < 1.29 is 110 Å². The topological polar surface area (TPSA) is 367 Å². The number of amides is 9. The molecule has 2 unspecified atom stereocenters. The lowest BCUT2D eigenvalue weighted by molar-refractivity contribution is -0.140. The van der Waals surface area contributed by atoms with Crippen LogP contribution in [0.15, 0.2) is 126 Å². The molecule has 0 bridgehead atoms. The molecule has 5 N–H and O–H groups in total. The number of anilines is 2. The van der Waals surface area contributed by atoms with Crippen molar-refractivity contribution in [3.63, 3.8) is 0 Å². The zero-order chi connectivity index (χ0) is 83.9. The lowest BCUT2D eigenvalue weighted by Gasteiger charge is -2.27. The zero-order valence-electron chi connectivity index (χ0n) is 68.4. The van der Waals surface area contributed by atoms with Gasteiger partial charge >= 0.3 is 6.09 Å². The molecule has 1 saturated heterocycles. The van der Waals surface area contributed by atoms with Gasteiger partial charge in [-0.25, -0.2) is 9.69 Å². The number of unbranched alkanes of at least 4 members (excludes halogenated alkanes) is 2. The van der Waals surface area contributed by atoms with E-state index in [4.69, 9.17) is 61.6 Å². The van der Waals surface area contributed by atoms with Crippen LogP contribution in [0.4, 0.5) is 21.9 Å². The van der Waals surface area contributed by atoms with E-state index >= 15 is 0 Å². The van der Waals surface area contributed by atoms with Crippen LogP contribution < -0.4 is 45.1 Å². The van der Waals surface area contributed by atoms with Crippen LogP contribution in [0.5, 0.6) is 23.0 Å². The minimum atomic E-state index is -1.55. The van der Waals surface area contributed by atoms with E-state index in [0.717, 1.165) is 22.5 Å². The van der Waals surface area contributed by atoms with Crippen molar-refractivity contribution in [1.82, 2.24) is 30.7 Å². The Balaban J connectivity index is 0.625. The number of aliphatic hydroxyl groups excluding tert-OH is 1. The summed E-state index contributed by atoms with van der Waals surface area (Å²) in [7, 11) is 2.96. The lowest BCUT2D eigenvalue weighted by atomic mass is 9.90. The van der Waals surface area contributed by atoms with Crippen LogP contribution in [-0.2, 0) is 78.0 Å². The van der Waals surface area contributed by atoms with Gasteiger partial charge in [0.05, 0.1) is 174 Å². The normalized spacial score (nSPS) is 18.4. The number of nitrogens with zero attached hydrogens (tertiary/aromatic N) is 5. The molecule has 0 radical (unpaired) electrons. The monoisotopic (exact) mass is 1630 g/mol. The van der Waals surface area contributed by atoms with Gasteiger partial charge in [0.15, 0.2) is 29.2 Å². The predicted molar refractivity (Wildman–Crippen MR) is 434 cm³/mol. The first kappa shape index (κ1) is 92.4. The SMILES string of the molecule is CC/C(C)=C\N1C[C@H](O)N(C(=O)OCc2ccc(NC(=O)[C@H](C)NC(=O)[C@@H](NC(=O)CCOCCOCCOCCOCCOCCOCCOCCOCCNC(=O)CCN3C(=O)CC(C4C=C\C=C/C=C\C=C/4)C3=O)C(C)C)cc2)c2cc(OCCCCCOc3cc4c(cc3OC)C(=O)N3C=C(C)C[C@H]3C=N4)c(OC)cc2C1=O. The van der Waals surface area contributed by atoms with Gasteiger partial charge in [0.25, 0.3) is 11.8 Å². The summed E-state index contributed by atoms with van der Waals surface area (Å²) in [5.74, 6) is -2.62. The molecule has 638 valence electrons. The van der Waals surface area contributed by atoms with Gasteiger partial charge in [-0.2, -0.15) is 0 Å². The number of imide groups is 1. The number of fused-ring (bicyclic) bond motifs is 3. The predicted octanol–water partition coefficient (Wildman–Crippen LogP) is 8.24. The molecule has 1 fully saturated rings. The number of aliphatic imine (C=N–C) groups is 1. The summed E-state index contributed by atoms with van der Waals surface area (Å²) in [6.07, 6.45) is 21.2. The number of hydrogen-bond donors (Lipinski definition) is 5. The van der Waals surface area contributed by atoms with Crippen molar-refractivity contribution in [2.75, 3.05) is 163 Å². The third-order valence-corrected chi connectivity index (χ3v) is 19.3. The summed E-state index contributed by atoms with van der Waals surface area (Å²) in [5.41, 5.74) is 3.89. The van der Waals surface area contributed by atoms with Crippen LogP contribution in [-0.4, -0.2) is 257 Å². The van der Waals surface area contributed by atoms with Gasteiger partial charge in [0.2, 0.25) is 35.4 Å². The summed E-state index contributed by atoms with van der Waals surface area (Å²) < 4.78 is 73.9. The summed E-state index contributed by atoms with van der Waals surface area (Å²) in [4.78, 5) is 130. The number of β-amino-alcohol motifs (C(OH)–C–C–N with tert-alkyl or cyclic N) is 1. The Kier molecular flexibility index (Phi) is 39.3. The second kappa shape index (κ2) is 49.8. The molecule has 32 heteroatoms. The molecule has 0 saturated carbocycles. The number of rotatable bonds is 51. The number of carbonyl (C=O) groups excluding carboxylic acids is 9. The van der Waals surface area contributed by atoms with E-state index in [1.165, 1.54) is 43.1 Å². The minimum absolute atomic E-state index is 0.0165. The van der Waals surface area contributed by atoms with Crippen molar-refractivity contribution in [3.8, 4) is 23.0 Å². The van der Waals surface area contributed by atoms with Crippen molar-refractivity contribution in [1.29, 1.82) is 0 Å². The molecule has 1 aliphatic carbocycles. The Hall–Kier alpha value is -10.2. The number of allylic oxidation sites excluding steroid dienone is 9. The van der Waals surface area contributed by atoms with Gasteiger partial charge in [0, 0.05) is 74.7 Å². The molecule has 0 spiro atoms. The first-order valence-electron chi connectivity index (χ1n) is 39.9. The maximum atomic E-state index is 14.3. The van der Waals surface area contributed by atoms with Gasteiger partial charge < -0.3 is 97.8 Å². The summed E-state index contributed by atoms with van der Waals surface area (Å²) in [6.45, 7) is 16.5. The van der Waals surface area contributed by atoms with Crippen LogP contribution in [0.3, 0.4) is 0 Å². The molecular weight excluding hydrogens is 1510 g/mol. The number of benzene rings is 3. The Bertz CT molecular complexity index is 3990. The highest BCUT2D eigenvalue weighted by molar-refractivity contribution is 6.07. The molecule has 3 aromatic rings. The summed E-state index contributed by atoms with van der Waals surface area (Å²) in [6, 6.07) is 10.7. The van der Waals surface area contributed by atoms with E-state index in [0.29, 0.717) is 146 Å². The van der Waals surface area contributed by atoms with Crippen LogP contribution in [0, 0.1) is 17.8 Å². The number of aliphatic hydroxyl groups is 1. The smallest absolute Gasteiger partial charge is 0.416 e. The molecule has 117 heavy (non-hydrogen) atoms. The van der Waals surface area contributed by atoms with E-state index in [1.807, 2.05) is 75.6 Å². The number of methoxy groups -OCH3 is 2. The fourth-order valence-electron chi connectivity index (χ4n) is 12.7. The lowest BCUT2D eigenvalue weighted by Crippen LogP contribution is -2.53. The van der Waals surface area contributed by atoms with Crippen molar-refractivity contribution in [2.24, 2.45) is 22.7 Å². The van der Waals surface area contributed by atoms with E-state index < -0.39 is 54.0 Å².